The van der Waals surface area contributed by atoms with Crippen molar-refractivity contribution < 1.29 is 9.53 Å². The summed E-state index contributed by atoms with van der Waals surface area (Å²) in [4.78, 5) is 19.3. The van der Waals surface area contributed by atoms with E-state index in [1.54, 1.807) is 13.3 Å². The fourth-order valence-electron chi connectivity index (χ4n) is 3.81. The van der Waals surface area contributed by atoms with Crippen LogP contribution in [0.3, 0.4) is 0 Å². The predicted octanol–water partition coefficient (Wildman–Crippen LogP) is 4.36. The number of likely N-dealkylation sites (tertiary alicyclic amines) is 1. The number of methoxy groups -OCH3 is 1. The molecule has 2 aromatic carbocycles. The zero-order valence-corrected chi connectivity index (χ0v) is 16.5. The van der Waals surface area contributed by atoms with Crippen LogP contribution in [0, 0.1) is 0 Å². The SMILES string of the molecule is COc1cccc(-c2ccc(NC(=O)[C@@H]3CCCN3Cc3cccnc3)cc2)c1. The first-order valence-electron chi connectivity index (χ1n) is 9.91. The number of benzene rings is 2. The lowest BCUT2D eigenvalue weighted by Crippen LogP contribution is -2.39. The van der Waals surface area contributed by atoms with Gasteiger partial charge in [-0.1, -0.05) is 30.3 Å². The summed E-state index contributed by atoms with van der Waals surface area (Å²) in [7, 11) is 1.67. The lowest BCUT2D eigenvalue weighted by atomic mass is 10.0. The van der Waals surface area contributed by atoms with Crippen LogP contribution >= 0.6 is 0 Å². The van der Waals surface area contributed by atoms with Crippen molar-refractivity contribution in [3.8, 4) is 16.9 Å². The minimum Gasteiger partial charge on any atom is -0.497 e. The first-order valence-corrected chi connectivity index (χ1v) is 9.91. The van der Waals surface area contributed by atoms with E-state index in [9.17, 15) is 4.79 Å². The number of carbonyl (C=O) groups is 1. The molecule has 1 N–H and O–H groups in total. The quantitative estimate of drug-likeness (QED) is 0.683. The summed E-state index contributed by atoms with van der Waals surface area (Å²) < 4.78 is 5.30. The molecule has 1 fully saturated rings. The molecule has 1 saturated heterocycles. The molecule has 0 radical (unpaired) electrons. The first-order chi connectivity index (χ1) is 14.2. The summed E-state index contributed by atoms with van der Waals surface area (Å²) in [6.45, 7) is 1.68. The van der Waals surface area contributed by atoms with Gasteiger partial charge in [-0.3, -0.25) is 14.7 Å². The second-order valence-electron chi connectivity index (χ2n) is 7.29. The minimum atomic E-state index is -0.103. The highest BCUT2D eigenvalue weighted by Gasteiger charge is 2.30. The number of anilines is 1. The Morgan fingerprint density at radius 3 is 2.76 bits per heavy atom. The van der Waals surface area contributed by atoms with Gasteiger partial charge < -0.3 is 10.1 Å². The van der Waals surface area contributed by atoms with Gasteiger partial charge in [0, 0.05) is 24.6 Å². The van der Waals surface area contributed by atoms with Gasteiger partial charge in [-0.05, 0) is 66.4 Å². The fraction of sp³-hybridized carbons (Fsp3) is 0.250. The Hall–Kier alpha value is -3.18. The molecule has 2 heterocycles. The Morgan fingerprint density at radius 2 is 2.00 bits per heavy atom. The van der Waals surface area contributed by atoms with Crippen molar-refractivity contribution in [2.24, 2.45) is 0 Å². The molecular formula is C24H25N3O2. The third-order valence-corrected chi connectivity index (χ3v) is 5.33. The summed E-state index contributed by atoms with van der Waals surface area (Å²) in [6.07, 6.45) is 5.55. The number of pyridine rings is 1. The van der Waals surface area contributed by atoms with E-state index in [0.29, 0.717) is 0 Å². The van der Waals surface area contributed by atoms with E-state index in [2.05, 4.69) is 21.3 Å². The summed E-state index contributed by atoms with van der Waals surface area (Å²) in [6, 6.07) is 19.8. The van der Waals surface area contributed by atoms with Crippen molar-refractivity contribution in [2.75, 3.05) is 19.0 Å². The van der Waals surface area contributed by atoms with E-state index < -0.39 is 0 Å². The van der Waals surface area contributed by atoms with Crippen LogP contribution in [0.4, 0.5) is 5.69 Å². The fourth-order valence-corrected chi connectivity index (χ4v) is 3.81. The molecule has 29 heavy (non-hydrogen) atoms. The van der Waals surface area contributed by atoms with E-state index in [0.717, 1.165) is 54.1 Å². The Morgan fingerprint density at radius 1 is 1.14 bits per heavy atom. The van der Waals surface area contributed by atoms with E-state index in [-0.39, 0.29) is 11.9 Å². The number of rotatable bonds is 6. The summed E-state index contributed by atoms with van der Waals surface area (Å²) in [5, 5.41) is 3.08. The highest BCUT2D eigenvalue weighted by atomic mass is 16.5. The van der Waals surface area contributed by atoms with Gasteiger partial charge in [0.15, 0.2) is 0 Å². The third kappa shape index (κ3) is 4.63. The predicted molar refractivity (Wildman–Crippen MR) is 115 cm³/mol. The number of hydrogen-bond donors (Lipinski definition) is 1. The largest absolute Gasteiger partial charge is 0.497 e. The van der Waals surface area contributed by atoms with Crippen molar-refractivity contribution in [2.45, 2.75) is 25.4 Å². The van der Waals surface area contributed by atoms with Gasteiger partial charge in [0.25, 0.3) is 0 Å². The lowest BCUT2D eigenvalue weighted by Gasteiger charge is -2.23. The molecule has 0 unspecified atom stereocenters. The van der Waals surface area contributed by atoms with E-state index in [1.165, 1.54) is 0 Å². The van der Waals surface area contributed by atoms with Crippen LogP contribution in [0.5, 0.6) is 5.75 Å². The molecule has 0 saturated carbocycles. The van der Waals surface area contributed by atoms with Crippen molar-refractivity contribution in [3.63, 3.8) is 0 Å². The molecule has 5 heteroatoms. The number of nitrogens with one attached hydrogen (secondary N) is 1. The molecule has 5 nitrogen and oxygen atoms in total. The highest BCUT2D eigenvalue weighted by Crippen LogP contribution is 2.26. The van der Waals surface area contributed by atoms with Crippen LogP contribution in [-0.4, -0.2) is 35.5 Å². The molecule has 3 aromatic rings. The average Bonchev–Trinajstić information content (AvgIpc) is 3.23. The van der Waals surface area contributed by atoms with Crippen LogP contribution in [0.25, 0.3) is 11.1 Å². The number of ether oxygens (including phenoxy) is 1. The average molecular weight is 387 g/mol. The summed E-state index contributed by atoms with van der Waals surface area (Å²) in [5.41, 5.74) is 4.12. The second-order valence-corrected chi connectivity index (χ2v) is 7.29. The molecule has 148 valence electrons. The highest BCUT2D eigenvalue weighted by molar-refractivity contribution is 5.95. The second kappa shape index (κ2) is 8.88. The Kier molecular flexibility index (Phi) is 5.86. The van der Waals surface area contributed by atoms with E-state index >= 15 is 0 Å². The normalized spacial score (nSPS) is 16.5. The molecule has 0 bridgehead atoms. The van der Waals surface area contributed by atoms with E-state index in [4.69, 9.17) is 4.74 Å². The molecule has 0 spiro atoms. The van der Waals surface area contributed by atoms with Crippen molar-refractivity contribution in [1.29, 1.82) is 0 Å². The van der Waals surface area contributed by atoms with Gasteiger partial charge in [-0.2, -0.15) is 0 Å². The minimum absolute atomic E-state index is 0.0560. The van der Waals surface area contributed by atoms with Gasteiger partial charge in [-0.15, -0.1) is 0 Å². The Bertz CT molecular complexity index is 957. The van der Waals surface area contributed by atoms with Crippen molar-refractivity contribution in [1.82, 2.24) is 9.88 Å². The van der Waals surface area contributed by atoms with Crippen LogP contribution in [0.15, 0.2) is 73.1 Å². The maximum absolute atomic E-state index is 12.9. The zero-order valence-electron chi connectivity index (χ0n) is 16.5. The molecular weight excluding hydrogens is 362 g/mol. The van der Waals surface area contributed by atoms with Crippen LogP contribution in [0.2, 0.25) is 0 Å². The number of nitrogens with zero attached hydrogens (tertiary/aromatic N) is 2. The number of aromatic nitrogens is 1. The topological polar surface area (TPSA) is 54.5 Å². The standard InChI is InChI=1S/C24H25N3O2/c1-29-22-7-2-6-20(15-22)19-9-11-21(12-10-19)26-24(28)23-8-4-14-27(23)17-18-5-3-13-25-16-18/h2-3,5-7,9-13,15-16,23H,4,8,14,17H2,1H3,(H,26,28)/t23-/m0/s1. The van der Waals surface area contributed by atoms with Gasteiger partial charge in [0.1, 0.15) is 5.75 Å². The third-order valence-electron chi connectivity index (χ3n) is 5.33. The Balaban J connectivity index is 1.41. The van der Waals surface area contributed by atoms with Gasteiger partial charge in [0.2, 0.25) is 5.91 Å². The summed E-state index contributed by atoms with van der Waals surface area (Å²) in [5.74, 6) is 0.885. The van der Waals surface area contributed by atoms with E-state index in [1.807, 2.05) is 60.8 Å². The zero-order chi connectivity index (χ0) is 20.1. The van der Waals surface area contributed by atoms with Gasteiger partial charge in [0.05, 0.1) is 13.2 Å². The number of carbonyl (C=O) groups excluding carboxylic acids is 1. The first kappa shape index (κ1) is 19.2. The van der Waals surface area contributed by atoms with Crippen molar-refractivity contribution >= 4 is 11.6 Å². The monoisotopic (exact) mass is 387 g/mol. The van der Waals surface area contributed by atoms with Crippen molar-refractivity contribution in [3.05, 3.63) is 78.6 Å². The van der Waals surface area contributed by atoms with Crippen LogP contribution in [-0.2, 0) is 11.3 Å². The maximum Gasteiger partial charge on any atom is 0.241 e. The lowest BCUT2D eigenvalue weighted by molar-refractivity contribution is -0.120. The maximum atomic E-state index is 12.9. The van der Waals surface area contributed by atoms with Crippen LogP contribution < -0.4 is 10.1 Å². The molecule has 1 aliphatic heterocycles. The Labute approximate surface area is 171 Å². The number of amides is 1. The van der Waals surface area contributed by atoms with Gasteiger partial charge in [-0.25, -0.2) is 0 Å². The molecule has 1 atom stereocenters. The summed E-state index contributed by atoms with van der Waals surface area (Å²) >= 11 is 0. The van der Waals surface area contributed by atoms with Gasteiger partial charge >= 0.3 is 0 Å². The smallest absolute Gasteiger partial charge is 0.241 e. The molecule has 1 aliphatic rings. The molecule has 0 aliphatic carbocycles. The molecule has 4 rings (SSSR count). The van der Waals surface area contributed by atoms with Crippen LogP contribution in [0.1, 0.15) is 18.4 Å². The molecule has 1 amide bonds. The molecule has 1 aromatic heterocycles. The number of hydrogen-bond acceptors (Lipinski definition) is 4.